The lowest BCUT2D eigenvalue weighted by Gasteiger charge is -2.18. The van der Waals surface area contributed by atoms with Gasteiger partial charge in [0.2, 0.25) is 0 Å². The molecule has 0 radical (unpaired) electrons. The zero-order valence-electron chi connectivity index (χ0n) is 10.3. The summed E-state index contributed by atoms with van der Waals surface area (Å²) in [5.74, 6) is 0. The molecule has 1 aromatic carbocycles. The van der Waals surface area contributed by atoms with Crippen LogP contribution in [0.2, 0.25) is 0 Å². The van der Waals surface area contributed by atoms with Gasteiger partial charge in [0.05, 0.1) is 11.3 Å². The average molecular weight is 297 g/mol. The minimum absolute atomic E-state index is 0.0657. The van der Waals surface area contributed by atoms with Crippen LogP contribution in [0, 0.1) is 0 Å². The standard InChI is InChI=1S/C10H14F3N3O2S/c1-16(2)19(17,18)15-9-4-3-7(6-14)5-8(9)10(11,12)13/h3-5,15H,6,14H2,1-2H3. The fraction of sp³-hybridized carbons (Fsp3) is 0.400. The summed E-state index contributed by atoms with van der Waals surface area (Å²) in [7, 11) is -1.58. The van der Waals surface area contributed by atoms with Crippen molar-refractivity contribution in [3.05, 3.63) is 29.3 Å². The fourth-order valence-corrected chi connectivity index (χ4v) is 1.91. The van der Waals surface area contributed by atoms with Gasteiger partial charge in [0.15, 0.2) is 0 Å². The molecule has 9 heteroatoms. The van der Waals surface area contributed by atoms with Gasteiger partial charge in [-0.15, -0.1) is 0 Å². The van der Waals surface area contributed by atoms with Gasteiger partial charge in [-0.3, -0.25) is 4.72 Å². The molecule has 0 aliphatic rings. The summed E-state index contributed by atoms with van der Waals surface area (Å²) in [5, 5.41) is 0. The molecular formula is C10H14F3N3O2S. The van der Waals surface area contributed by atoms with Gasteiger partial charge in [-0.1, -0.05) is 6.07 Å². The number of benzene rings is 1. The van der Waals surface area contributed by atoms with Crippen LogP contribution in [0.15, 0.2) is 18.2 Å². The lowest BCUT2D eigenvalue weighted by Crippen LogP contribution is -2.30. The van der Waals surface area contributed by atoms with Gasteiger partial charge in [-0.2, -0.15) is 25.9 Å². The molecule has 0 heterocycles. The maximum Gasteiger partial charge on any atom is 0.418 e. The van der Waals surface area contributed by atoms with Crippen LogP contribution >= 0.6 is 0 Å². The molecule has 0 saturated heterocycles. The molecule has 0 atom stereocenters. The van der Waals surface area contributed by atoms with Gasteiger partial charge >= 0.3 is 16.4 Å². The maximum absolute atomic E-state index is 12.9. The van der Waals surface area contributed by atoms with Crippen LogP contribution in [0.25, 0.3) is 0 Å². The Balaban J connectivity index is 3.29. The Labute approximate surface area is 109 Å². The second-order valence-corrected chi connectivity index (χ2v) is 5.86. The molecule has 0 aromatic heterocycles. The monoisotopic (exact) mass is 297 g/mol. The van der Waals surface area contributed by atoms with Crippen LogP contribution in [-0.4, -0.2) is 26.8 Å². The molecule has 0 spiro atoms. The molecule has 5 nitrogen and oxygen atoms in total. The van der Waals surface area contributed by atoms with E-state index in [0.29, 0.717) is 0 Å². The maximum atomic E-state index is 12.9. The van der Waals surface area contributed by atoms with Gasteiger partial charge in [-0.25, -0.2) is 0 Å². The van der Waals surface area contributed by atoms with E-state index in [1.807, 2.05) is 4.72 Å². The summed E-state index contributed by atoms with van der Waals surface area (Å²) in [6.45, 7) is -0.0657. The van der Waals surface area contributed by atoms with Gasteiger partial charge in [0.25, 0.3) is 0 Å². The number of alkyl halides is 3. The number of nitrogens with one attached hydrogen (secondary N) is 1. The molecule has 0 aliphatic heterocycles. The minimum atomic E-state index is -4.67. The summed E-state index contributed by atoms with van der Waals surface area (Å²) < 4.78 is 64.3. The topological polar surface area (TPSA) is 75.4 Å². The number of hydrogen-bond acceptors (Lipinski definition) is 3. The predicted molar refractivity (Wildman–Crippen MR) is 65.6 cm³/mol. The van der Waals surface area contributed by atoms with E-state index in [4.69, 9.17) is 5.73 Å². The van der Waals surface area contributed by atoms with E-state index in [-0.39, 0.29) is 12.1 Å². The third-order valence-corrected chi connectivity index (χ3v) is 3.78. The van der Waals surface area contributed by atoms with E-state index in [2.05, 4.69) is 0 Å². The van der Waals surface area contributed by atoms with Crippen LogP contribution in [0.3, 0.4) is 0 Å². The highest BCUT2D eigenvalue weighted by Crippen LogP contribution is 2.36. The van der Waals surface area contributed by atoms with Crippen molar-refractivity contribution in [1.82, 2.24) is 4.31 Å². The van der Waals surface area contributed by atoms with Crippen molar-refractivity contribution in [3.63, 3.8) is 0 Å². The van der Waals surface area contributed by atoms with Crippen molar-refractivity contribution >= 4 is 15.9 Å². The summed E-state index contributed by atoms with van der Waals surface area (Å²) in [6.07, 6.45) is -4.67. The normalized spacial score (nSPS) is 12.8. The minimum Gasteiger partial charge on any atom is -0.326 e. The molecular weight excluding hydrogens is 283 g/mol. The highest BCUT2D eigenvalue weighted by atomic mass is 32.2. The molecule has 19 heavy (non-hydrogen) atoms. The van der Waals surface area contributed by atoms with E-state index in [1.54, 1.807) is 0 Å². The lowest BCUT2D eigenvalue weighted by molar-refractivity contribution is -0.136. The Morgan fingerprint density at radius 1 is 1.32 bits per heavy atom. The largest absolute Gasteiger partial charge is 0.418 e. The number of anilines is 1. The SMILES string of the molecule is CN(C)S(=O)(=O)Nc1ccc(CN)cc1C(F)(F)F. The van der Waals surface area contributed by atoms with Crippen molar-refractivity contribution in [3.8, 4) is 0 Å². The number of rotatable bonds is 4. The van der Waals surface area contributed by atoms with Gasteiger partial charge in [-0.05, 0) is 17.7 Å². The molecule has 0 aliphatic carbocycles. The second-order valence-electron chi connectivity index (χ2n) is 3.97. The van der Waals surface area contributed by atoms with Crippen molar-refractivity contribution < 1.29 is 21.6 Å². The summed E-state index contributed by atoms with van der Waals surface area (Å²) >= 11 is 0. The zero-order chi connectivity index (χ0) is 14.8. The van der Waals surface area contributed by atoms with Gasteiger partial charge < -0.3 is 5.73 Å². The summed E-state index contributed by atoms with van der Waals surface area (Å²) in [5.41, 5.74) is 3.94. The first kappa shape index (κ1) is 15.7. The lowest BCUT2D eigenvalue weighted by atomic mass is 10.1. The first-order valence-corrected chi connectivity index (χ1v) is 6.62. The van der Waals surface area contributed by atoms with E-state index in [1.165, 1.54) is 20.2 Å². The molecule has 0 amide bonds. The summed E-state index contributed by atoms with van der Waals surface area (Å²) in [6, 6.07) is 3.21. The number of halogens is 3. The van der Waals surface area contributed by atoms with E-state index < -0.39 is 27.6 Å². The third-order valence-electron chi connectivity index (χ3n) is 2.34. The fourth-order valence-electron chi connectivity index (χ4n) is 1.27. The van der Waals surface area contributed by atoms with Crippen LogP contribution in [-0.2, 0) is 22.9 Å². The second kappa shape index (κ2) is 5.35. The van der Waals surface area contributed by atoms with Crippen molar-refractivity contribution in [2.75, 3.05) is 18.8 Å². The quantitative estimate of drug-likeness (QED) is 0.881. The van der Waals surface area contributed by atoms with Gasteiger partial charge in [0.1, 0.15) is 0 Å². The number of hydrogen-bond donors (Lipinski definition) is 2. The molecule has 0 unspecified atom stereocenters. The predicted octanol–water partition coefficient (Wildman–Crippen LogP) is 1.38. The molecule has 3 N–H and O–H groups in total. The van der Waals surface area contributed by atoms with Crippen molar-refractivity contribution in [1.29, 1.82) is 0 Å². The van der Waals surface area contributed by atoms with Crippen LogP contribution < -0.4 is 10.5 Å². The first-order chi connectivity index (χ1) is 8.58. The Hall–Kier alpha value is -1.32. The van der Waals surface area contributed by atoms with Crippen LogP contribution in [0.1, 0.15) is 11.1 Å². The van der Waals surface area contributed by atoms with Crippen molar-refractivity contribution in [2.24, 2.45) is 5.73 Å². The van der Waals surface area contributed by atoms with Crippen LogP contribution in [0.4, 0.5) is 18.9 Å². The average Bonchev–Trinajstić information content (AvgIpc) is 2.27. The first-order valence-electron chi connectivity index (χ1n) is 5.18. The highest BCUT2D eigenvalue weighted by Gasteiger charge is 2.34. The third kappa shape index (κ3) is 3.82. The molecule has 108 valence electrons. The smallest absolute Gasteiger partial charge is 0.326 e. The summed E-state index contributed by atoms with van der Waals surface area (Å²) in [4.78, 5) is 0. The molecule has 1 aromatic rings. The molecule has 1 rings (SSSR count). The zero-order valence-corrected chi connectivity index (χ0v) is 11.1. The van der Waals surface area contributed by atoms with E-state index in [0.717, 1.165) is 16.4 Å². The molecule has 0 bridgehead atoms. The number of nitrogens with two attached hydrogens (primary N) is 1. The van der Waals surface area contributed by atoms with E-state index >= 15 is 0 Å². The van der Waals surface area contributed by atoms with Crippen molar-refractivity contribution in [2.45, 2.75) is 12.7 Å². The molecule has 0 fully saturated rings. The Kier molecular flexibility index (Phi) is 4.43. The molecule has 0 saturated carbocycles. The van der Waals surface area contributed by atoms with Crippen LogP contribution in [0.5, 0.6) is 0 Å². The van der Waals surface area contributed by atoms with E-state index in [9.17, 15) is 21.6 Å². The Morgan fingerprint density at radius 3 is 2.32 bits per heavy atom. The highest BCUT2D eigenvalue weighted by molar-refractivity contribution is 7.90. The van der Waals surface area contributed by atoms with Gasteiger partial charge in [0, 0.05) is 20.6 Å². The number of nitrogens with zero attached hydrogens (tertiary/aromatic N) is 1. The Bertz CT molecular complexity index is 556. The Morgan fingerprint density at radius 2 is 1.89 bits per heavy atom.